The van der Waals surface area contributed by atoms with Crippen molar-refractivity contribution in [2.24, 2.45) is 0 Å². The van der Waals surface area contributed by atoms with Crippen molar-refractivity contribution in [1.82, 2.24) is 9.88 Å². The van der Waals surface area contributed by atoms with Crippen LogP contribution in [0.1, 0.15) is 21.6 Å². The number of rotatable bonds is 6. The van der Waals surface area contributed by atoms with Crippen LogP contribution in [0.2, 0.25) is 0 Å². The predicted octanol–water partition coefficient (Wildman–Crippen LogP) is 4.47. The molecular weight excluding hydrogens is 368 g/mol. The Labute approximate surface area is 160 Å². The number of hydrogen-bond acceptors (Lipinski definition) is 6. The molecule has 2 heterocycles. The summed E-state index contributed by atoms with van der Waals surface area (Å²) in [4.78, 5) is 18.9. The molecule has 0 aliphatic heterocycles. The van der Waals surface area contributed by atoms with Crippen LogP contribution in [0, 0.1) is 6.92 Å². The number of benzene rings is 1. The van der Waals surface area contributed by atoms with Crippen molar-refractivity contribution in [3.05, 3.63) is 51.2 Å². The van der Waals surface area contributed by atoms with E-state index in [1.165, 1.54) is 11.3 Å². The standard InChI is InChI=1S/C19H20N2O3S2/c1-12-7-16(23-3)17(24-4)8-14(12)9-21(2)19(22)15-11-26-18(20-15)13-5-6-25-10-13/h5-8,10-11H,9H2,1-4H3. The van der Waals surface area contributed by atoms with Gasteiger partial charge in [0.2, 0.25) is 0 Å². The Bertz CT molecular complexity index is 904. The van der Waals surface area contributed by atoms with Gasteiger partial charge in [0.1, 0.15) is 10.7 Å². The summed E-state index contributed by atoms with van der Waals surface area (Å²) in [5.41, 5.74) is 3.57. The first-order valence-electron chi connectivity index (χ1n) is 7.98. The van der Waals surface area contributed by atoms with E-state index in [9.17, 15) is 4.79 Å². The molecule has 2 aromatic heterocycles. The Balaban J connectivity index is 1.77. The van der Waals surface area contributed by atoms with E-state index in [1.54, 1.807) is 37.5 Å². The Morgan fingerprint density at radius 3 is 2.58 bits per heavy atom. The third kappa shape index (κ3) is 3.73. The molecule has 0 fully saturated rings. The molecule has 1 amide bonds. The van der Waals surface area contributed by atoms with Gasteiger partial charge in [0.15, 0.2) is 11.5 Å². The smallest absolute Gasteiger partial charge is 0.273 e. The molecule has 1 aromatic carbocycles. The third-order valence-electron chi connectivity index (χ3n) is 4.09. The number of carbonyl (C=O) groups excluding carboxylic acids is 1. The lowest BCUT2D eigenvalue weighted by molar-refractivity contribution is 0.0780. The van der Waals surface area contributed by atoms with Gasteiger partial charge in [-0.1, -0.05) is 0 Å². The van der Waals surface area contributed by atoms with Gasteiger partial charge in [-0.25, -0.2) is 4.98 Å². The molecule has 5 nitrogen and oxygen atoms in total. The number of hydrogen-bond donors (Lipinski definition) is 0. The van der Waals surface area contributed by atoms with Crippen LogP contribution in [0.3, 0.4) is 0 Å². The summed E-state index contributed by atoms with van der Waals surface area (Å²) < 4.78 is 10.7. The quantitative estimate of drug-likeness (QED) is 0.625. The van der Waals surface area contributed by atoms with Gasteiger partial charge in [0.05, 0.1) is 14.2 Å². The SMILES string of the molecule is COc1cc(C)c(CN(C)C(=O)c2csc(-c3ccsc3)n2)cc1OC. The van der Waals surface area contributed by atoms with Crippen LogP contribution < -0.4 is 9.47 Å². The van der Waals surface area contributed by atoms with Crippen molar-refractivity contribution in [3.63, 3.8) is 0 Å². The number of amides is 1. The van der Waals surface area contributed by atoms with Crippen LogP contribution in [-0.2, 0) is 6.54 Å². The molecule has 0 aliphatic rings. The van der Waals surface area contributed by atoms with Gasteiger partial charge in [-0.2, -0.15) is 11.3 Å². The van der Waals surface area contributed by atoms with Gasteiger partial charge in [-0.3, -0.25) is 4.79 Å². The highest BCUT2D eigenvalue weighted by Gasteiger charge is 2.18. The van der Waals surface area contributed by atoms with Crippen molar-refractivity contribution < 1.29 is 14.3 Å². The third-order valence-corrected chi connectivity index (χ3v) is 5.66. The van der Waals surface area contributed by atoms with Crippen LogP contribution in [0.4, 0.5) is 0 Å². The summed E-state index contributed by atoms with van der Waals surface area (Å²) in [7, 11) is 5.00. The molecule has 0 atom stereocenters. The Morgan fingerprint density at radius 2 is 1.92 bits per heavy atom. The largest absolute Gasteiger partial charge is 0.493 e. The maximum absolute atomic E-state index is 12.7. The van der Waals surface area contributed by atoms with E-state index in [1.807, 2.05) is 41.3 Å². The van der Waals surface area contributed by atoms with Crippen molar-refractivity contribution in [1.29, 1.82) is 0 Å². The van der Waals surface area contributed by atoms with E-state index in [2.05, 4.69) is 4.98 Å². The van der Waals surface area contributed by atoms with Crippen LogP contribution >= 0.6 is 22.7 Å². The zero-order valence-electron chi connectivity index (χ0n) is 15.1. The summed E-state index contributed by atoms with van der Waals surface area (Å²) in [6, 6.07) is 5.84. The summed E-state index contributed by atoms with van der Waals surface area (Å²) in [6.45, 7) is 2.46. The van der Waals surface area contributed by atoms with Crippen LogP contribution in [-0.4, -0.2) is 37.1 Å². The van der Waals surface area contributed by atoms with Gasteiger partial charge in [-0.15, -0.1) is 11.3 Å². The molecule has 0 saturated heterocycles. The summed E-state index contributed by atoms with van der Waals surface area (Å²) in [5, 5.41) is 6.71. The van der Waals surface area contributed by atoms with Gasteiger partial charge in [-0.05, 0) is 41.6 Å². The molecule has 0 N–H and O–H groups in total. The fourth-order valence-corrected chi connectivity index (χ4v) is 4.11. The van der Waals surface area contributed by atoms with E-state index < -0.39 is 0 Å². The second-order valence-corrected chi connectivity index (χ2v) is 7.48. The highest BCUT2D eigenvalue weighted by atomic mass is 32.1. The fraction of sp³-hybridized carbons (Fsp3) is 0.263. The van der Waals surface area contributed by atoms with Crippen molar-refractivity contribution in [2.45, 2.75) is 13.5 Å². The molecule has 0 bridgehead atoms. The van der Waals surface area contributed by atoms with Gasteiger partial charge < -0.3 is 14.4 Å². The van der Waals surface area contributed by atoms with E-state index in [0.29, 0.717) is 23.7 Å². The van der Waals surface area contributed by atoms with Gasteiger partial charge >= 0.3 is 0 Å². The average molecular weight is 389 g/mol. The molecule has 0 saturated carbocycles. The minimum Gasteiger partial charge on any atom is -0.493 e. The lowest BCUT2D eigenvalue weighted by atomic mass is 10.1. The first-order valence-corrected chi connectivity index (χ1v) is 9.80. The molecule has 7 heteroatoms. The number of methoxy groups -OCH3 is 2. The summed E-state index contributed by atoms with van der Waals surface area (Å²) in [6.07, 6.45) is 0. The molecule has 0 spiro atoms. The second kappa shape index (κ2) is 7.88. The summed E-state index contributed by atoms with van der Waals surface area (Å²) in [5.74, 6) is 1.24. The first kappa shape index (κ1) is 18.4. The molecule has 3 rings (SSSR count). The highest BCUT2D eigenvalue weighted by molar-refractivity contribution is 7.14. The van der Waals surface area contributed by atoms with E-state index in [4.69, 9.17) is 9.47 Å². The van der Waals surface area contributed by atoms with E-state index in [0.717, 1.165) is 21.7 Å². The van der Waals surface area contributed by atoms with Crippen molar-refractivity contribution in [3.8, 4) is 22.1 Å². The lowest BCUT2D eigenvalue weighted by Gasteiger charge is -2.19. The normalized spacial score (nSPS) is 10.6. The minimum absolute atomic E-state index is 0.100. The summed E-state index contributed by atoms with van der Waals surface area (Å²) >= 11 is 3.10. The predicted molar refractivity (Wildman–Crippen MR) is 106 cm³/mol. The molecule has 0 radical (unpaired) electrons. The number of ether oxygens (including phenoxy) is 2. The number of nitrogens with zero attached hydrogens (tertiary/aromatic N) is 2. The lowest BCUT2D eigenvalue weighted by Crippen LogP contribution is -2.26. The van der Waals surface area contributed by atoms with Crippen molar-refractivity contribution in [2.75, 3.05) is 21.3 Å². The highest BCUT2D eigenvalue weighted by Crippen LogP contribution is 2.31. The van der Waals surface area contributed by atoms with Gasteiger partial charge in [0, 0.05) is 29.9 Å². The monoisotopic (exact) mass is 388 g/mol. The Morgan fingerprint density at radius 1 is 1.19 bits per heavy atom. The van der Waals surface area contributed by atoms with E-state index in [-0.39, 0.29) is 5.91 Å². The Hall–Kier alpha value is -2.38. The molecular formula is C19H20N2O3S2. The minimum atomic E-state index is -0.100. The topological polar surface area (TPSA) is 51.7 Å². The van der Waals surface area contributed by atoms with Crippen LogP contribution in [0.15, 0.2) is 34.3 Å². The van der Waals surface area contributed by atoms with Crippen LogP contribution in [0.5, 0.6) is 11.5 Å². The molecule has 0 aliphatic carbocycles. The molecule has 26 heavy (non-hydrogen) atoms. The zero-order chi connectivity index (χ0) is 18.7. The number of carbonyl (C=O) groups is 1. The average Bonchev–Trinajstić information content (AvgIpc) is 3.33. The van der Waals surface area contributed by atoms with Crippen molar-refractivity contribution >= 4 is 28.6 Å². The molecule has 136 valence electrons. The van der Waals surface area contributed by atoms with Gasteiger partial charge in [0.25, 0.3) is 5.91 Å². The number of aromatic nitrogens is 1. The number of thiophene rings is 1. The fourth-order valence-electron chi connectivity index (χ4n) is 2.61. The molecule has 3 aromatic rings. The van der Waals surface area contributed by atoms with Crippen LogP contribution in [0.25, 0.3) is 10.6 Å². The van der Waals surface area contributed by atoms with E-state index >= 15 is 0 Å². The maximum atomic E-state index is 12.7. The number of thiazole rings is 1. The first-order chi connectivity index (χ1) is 12.5. The second-order valence-electron chi connectivity index (χ2n) is 5.84. The Kier molecular flexibility index (Phi) is 5.58. The zero-order valence-corrected chi connectivity index (χ0v) is 16.7. The number of aryl methyl sites for hydroxylation is 1. The maximum Gasteiger partial charge on any atom is 0.273 e. The molecule has 0 unspecified atom stereocenters.